The van der Waals surface area contributed by atoms with Crippen LogP contribution in [-0.2, 0) is 11.6 Å². The first-order valence-corrected chi connectivity index (χ1v) is 5.78. The lowest BCUT2D eigenvalue weighted by Crippen LogP contribution is -2.22. The maximum absolute atomic E-state index is 12.5. The number of benzene rings is 1. The van der Waals surface area contributed by atoms with Gasteiger partial charge in [0.1, 0.15) is 0 Å². The summed E-state index contributed by atoms with van der Waals surface area (Å²) in [4.78, 5) is 2.26. The lowest BCUT2D eigenvalue weighted by atomic mass is 9.94. The quantitative estimate of drug-likeness (QED) is 0.730. The zero-order valence-electron chi connectivity index (χ0n) is 9.59. The van der Waals surface area contributed by atoms with Gasteiger partial charge in [-0.2, -0.15) is 13.2 Å². The van der Waals surface area contributed by atoms with Crippen LogP contribution in [0.2, 0.25) is 0 Å². The van der Waals surface area contributed by atoms with Crippen molar-refractivity contribution in [1.29, 1.82) is 0 Å². The summed E-state index contributed by atoms with van der Waals surface area (Å²) in [6.45, 7) is 2.05. The molecule has 1 aromatic rings. The van der Waals surface area contributed by atoms with E-state index in [0.29, 0.717) is 5.92 Å². The molecule has 0 amide bonds. The van der Waals surface area contributed by atoms with Crippen molar-refractivity contribution in [2.75, 3.05) is 20.1 Å². The Morgan fingerprint density at radius 2 is 1.88 bits per heavy atom. The van der Waals surface area contributed by atoms with E-state index in [0.717, 1.165) is 25.1 Å². The van der Waals surface area contributed by atoms with Gasteiger partial charge in [-0.25, -0.2) is 0 Å². The molecule has 0 radical (unpaired) electrons. The third kappa shape index (κ3) is 1.66. The van der Waals surface area contributed by atoms with E-state index >= 15 is 0 Å². The molecule has 1 heterocycles. The minimum Gasteiger partial charge on any atom is -0.305 e. The highest BCUT2D eigenvalue weighted by molar-refractivity contribution is 5.39. The molecule has 0 spiro atoms. The first-order chi connectivity index (χ1) is 7.92. The van der Waals surface area contributed by atoms with Gasteiger partial charge in [-0.15, -0.1) is 0 Å². The Kier molecular flexibility index (Phi) is 2.12. The Balaban J connectivity index is 1.87. The van der Waals surface area contributed by atoms with Crippen LogP contribution >= 0.6 is 0 Å². The van der Waals surface area contributed by atoms with Gasteiger partial charge in [0, 0.05) is 18.5 Å². The van der Waals surface area contributed by atoms with Crippen LogP contribution in [0.4, 0.5) is 13.2 Å². The summed E-state index contributed by atoms with van der Waals surface area (Å²) in [5.74, 6) is 0.643. The van der Waals surface area contributed by atoms with Gasteiger partial charge < -0.3 is 4.90 Å². The molecule has 92 valence electrons. The number of alkyl halides is 3. The van der Waals surface area contributed by atoms with Gasteiger partial charge in [0.05, 0.1) is 5.56 Å². The van der Waals surface area contributed by atoms with E-state index in [9.17, 15) is 13.2 Å². The maximum Gasteiger partial charge on any atom is 0.416 e. The van der Waals surface area contributed by atoms with Gasteiger partial charge in [-0.1, -0.05) is 12.1 Å². The fraction of sp³-hybridized carbons (Fsp3) is 0.538. The molecule has 0 bridgehead atoms. The molecule has 2 aliphatic rings. The summed E-state index contributed by atoms with van der Waals surface area (Å²) in [6.07, 6.45) is -3.10. The van der Waals surface area contributed by atoms with E-state index in [1.807, 2.05) is 0 Å². The van der Waals surface area contributed by atoms with Gasteiger partial charge in [0.2, 0.25) is 0 Å². The first-order valence-electron chi connectivity index (χ1n) is 5.78. The Labute approximate surface area is 98.2 Å². The highest BCUT2D eigenvalue weighted by atomic mass is 19.4. The number of likely N-dealkylation sites (N-methyl/N-ethyl adjacent to an activating group) is 1. The standard InChI is InChI=1S/C13H14F3N/c1-17-7-11-6-12(11,8-17)9-2-4-10(5-3-9)13(14,15)16/h2-5,11H,6-8H2,1H3/t11-,12-/m0/s1. The molecule has 4 heteroatoms. The third-order valence-electron chi connectivity index (χ3n) is 4.10. The van der Waals surface area contributed by atoms with Crippen molar-refractivity contribution < 1.29 is 13.2 Å². The zero-order valence-corrected chi connectivity index (χ0v) is 9.59. The van der Waals surface area contributed by atoms with E-state index in [-0.39, 0.29) is 5.41 Å². The Bertz CT molecular complexity index is 437. The van der Waals surface area contributed by atoms with Gasteiger partial charge in [-0.3, -0.25) is 0 Å². The molecule has 2 atom stereocenters. The molecule has 17 heavy (non-hydrogen) atoms. The Morgan fingerprint density at radius 3 is 2.35 bits per heavy atom. The fourth-order valence-corrected chi connectivity index (χ4v) is 3.17. The van der Waals surface area contributed by atoms with E-state index < -0.39 is 11.7 Å². The minimum atomic E-state index is -4.23. The highest BCUT2D eigenvalue weighted by Gasteiger charge is 2.59. The highest BCUT2D eigenvalue weighted by Crippen LogP contribution is 2.58. The van der Waals surface area contributed by atoms with Crippen molar-refractivity contribution >= 4 is 0 Å². The second kappa shape index (κ2) is 3.25. The molecular formula is C13H14F3N. The van der Waals surface area contributed by atoms with Crippen LogP contribution in [0.3, 0.4) is 0 Å². The molecular weight excluding hydrogens is 227 g/mol. The summed E-state index contributed by atoms with van der Waals surface area (Å²) in [6, 6.07) is 5.72. The second-order valence-electron chi connectivity index (χ2n) is 5.33. The Hall–Kier alpha value is -1.03. The molecule has 1 aliphatic carbocycles. The number of nitrogens with zero attached hydrogens (tertiary/aromatic N) is 1. The number of piperidine rings is 1. The fourth-order valence-electron chi connectivity index (χ4n) is 3.17. The second-order valence-corrected chi connectivity index (χ2v) is 5.33. The molecule has 1 nitrogen and oxygen atoms in total. The summed E-state index contributed by atoms with van der Waals surface area (Å²) >= 11 is 0. The average molecular weight is 241 g/mol. The molecule has 0 aromatic heterocycles. The van der Waals surface area contributed by atoms with Crippen LogP contribution in [0, 0.1) is 5.92 Å². The minimum absolute atomic E-state index is 0.152. The monoisotopic (exact) mass is 241 g/mol. The summed E-state index contributed by atoms with van der Waals surface area (Å²) in [7, 11) is 2.07. The molecule has 1 aliphatic heterocycles. The van der Waals surface area contributed by atoms with E-state index in [1.54, 1.807) is 12.1 Å². The predicted octanol–water partition coefficient (Wildman–Crippen LogP) is 2.91. The number of fused-ring (bicyclic) bond motifs is 1. The topological polar surface area (TPSA) is 3.24 Å². The Morgan fingerprint density at radius 1 is 1.24 bits per heavy atom. The molecule has 2 fully saturated rings. The third-order valence-corrected chi connectivity index (χ3v) is 4.10. The van der Waals surface area contributed by atoms with Gasteiger partial charge >= 0.3 is 6.18 Å². The largest absolute Gasteiger partial charge is 0.416 e. The molecule has 0 N–H and O–H groups in total. The molecule has 1 saturated heterocycles. The van der Waals surface area contributed by atoms with E-state index in [2.05, 4.69) is 11.9 Å². The lowest BCUT2D eigenvalue weighted by molar-refractivity contribution is -0.137. The van der Waals surface area contributed by atoms with E-state index in [4.69, 9.17) is 0 Å². The van der Waals surface area contributed by atoms with Crippen LogP contribution in [0.5, 0.6) is 0 Å². The zero-order chi connectivity index (χ0) is 12.3. The number of hydrogen-bond acceptors (Lipinski definition) is 1. The van der Waals surface area contributed by atoms with Crippen molar-refractivity contribution in [2.24, 2.45) is 5.92 Å². The van der Waals surface area contributed by atoms with Crippen LogP contribution in [0.15, 0.2) is 24.3 Å². The van der Waals surface area contributed by atoms with Crippen molar-refractivity contribution in [1.82, 2.24) is 4.90 Å². The number of rotatable bonds is 1. The maximum atomic E-state index is 12.5. The lowest BCUT2D eigenvalue weighted by Gasteiger charge is -2.17. The number of hydrogen-bond donors (Lipinski definition) is 0. The van der Waals surface area contributed by atoms with Crippen LogP contribution in [0.1, 0.15) is 17.5 Å². The van der Waals surface area contributed by atoms with Crippen LogP contribution in [0.25, 0.3) is 0 Å². The number of likely N-dealkylation sites (tertiary alicyclic amines) is 1. The predicted molar refractivity (Wildman–Crippen MR) is 58.7 cm³/mol. The van der Waals surface area contributed by atoms with E-state index in [1.165, 1.54) is 12.1 Å². The molecule has 1 saturated carbocycles. The van der Waals surface area contributed by atoms with Crippen molar-refractivity contribution in [3.63, 3.8) is 0 Å². The molecule has 3 rings (SSSR count). The summed E-state index contributed by atoms with van der Waals surface area (Å²) in [5, 5.41) is 0. The average Bonchev–Trinajstić information content (AvgIpc) is 2.82. The van der Waals surface area contributed by atoms with Gasteiger partial charge in [-0.05, 0) is 37.1 Å². The summed E-state index contributed by atoms with van der Waals surface area (Å²) < 4.78 is 37.4. The van der Waals surface area contributed by atoms with Crippen molar-refractivity contribution in [3.8, 4) is 0 Å². The smallest absolute Gasteiger partial charge is 0.305 e. The number of halogens is 3. The molecule has 1 aromatic carbocycles. The van der Waals surface area contributed by atoms with Gasteiger partial charge in [0.25, 0.3) is 0 Å². The van der Waals surface area contributed by atoms with Crippen LogP contribution in [-0.4, -0.2) is 25.0 Å². The SMILES string of the molecule is CN1C[C@@H]2C[C@@]2(c2ccc(C(F)(F)F)cc2)C1. The van der Waals surface area contributed by atoms with Crippen molar-refractivity contribution in [2.45, 2.75) is 18.0 Å². The van der Waals surface area contributed by atoms with Crippen molar-refractivity contribution in [3.05, 3.63) is 35.4 Å². The normalized spacial score (nSPS) is 32.6. The van der Waals surface area contributed by atoms with Gasteiger partial charge in [0.15, 0.2) is 0 Å². The summed E-state index contributed by atoms with van der Waals surface area (Å²) in [5.41, 5.74) is 0.667. The van der Waals surface area contributed by atoms with Crippen LogP contribution < -0.4 is 0 Å². The molecule has 0 unspecified atom stereocenters. The first kappa shape index (κ1) is 11.1.